The first-order chi connectivity index (χ1) is 22.0. The molecular formula is C37H56ClN5O2S. The predicted octanol–water partition coefficient (Wildman–Crippen LogP) is 10.6. The Morgan fingerprint density at radius 1 is 1.15 bits per heavy atom. The van der Waals surface area contributed by atoms with Crippen LogP contribution >= 0.6 is 22.9 Å². The molecule has 46 heavy (non-hydrogen) atoms. The number of benzene rings is 2. The molecule has 0 aliphatic rings. The fourth-order valence-corrected chi connectivity index (χ4v) is 5.00. The zero-order valence-corrected chi connectivity index (χ0v) is 31.6. The smallest absolute Gasteiger partial charge is 0.163 e. The van der Waals surface area contributed by atoms with E-state index in [1.54, 1.807) is 31.6 Å². The van der Waals surface area contributed by atoms with Crippen molar-refractivity contribution in [3.63, 3.8) is 0 Å². The average Bonchev–Trinajstić information content (AvgIpc) is 3.75. The average molecular weight is 670 g/mol. The highest BCUT2D eigenvalue weighted by Gasteiger charge is 2.11. The summed E-state index contributed by atoms with van der Waals surface area (Å²) in [4.78, 5) is 19.5. The highest BCUT2D eigenvalue weighted by Crippen LogP contribution is 2.30. The summed E-state index contributed by atoms with van der Waals surface area (Å²) in [6.45, 7) is 20.0. The number of ketones is 1. The van der Waals surface area contributed by atoms with E-state index in [0.29, 0.717) is 16.3 Å². The highest BCUT2D eigenvalue weighted by atomic mass is 35.5. The number of H-pyrrole nitrogens is 1. The number of halogens is 1. The van der Waals surface area contributed by atoms with Crippen LogP contribution < -0.4 is 10.5 Å². The van der Waals surface area contributed by atoms with E-state index in [-0.39, 0.29) is 11.8 Å². The molecule has 0 aliphatic carbocycles. The van der Waals surface area contributed by atoms with E-state index in [0.717, 1.165) is 53.6 Å². The first kappa shape index (κ1) is 42.7. The van der Waals surface area contributed by atoms with Crippen LogP contribution in [0.5, 0.6) is 5.75 Å². The van der Waals surface area contributed by atoms with Gasteiger partial charge in [-0.15, -0.1) is 11.3 Å². The minimum absolute atomic E-state index is 0.00167. The van der Waals surface area contributed by atoms with E-state index in [9.17, 15) is 4.79 Å². The second kappa shape index (κ2) is 23.9. The Morgan fingerprint density at radius 3 is 2.26 bits per heavy atom. The van der Waals surface area contributed by atoms with Crippen molar-refractivity contribution >= 4 is 45.3 Å². The lowest BCUT2D eigenvalue weighted by atomic mass is 10.0. The molecule has 254 valence electrons. The van der Waals surface area contributed by atoms with Gasteiger partial charge in [-0.1, -0.05) is 70.8 Å². The van der Waals surface area contributed by atoms with Crippen LogP contribution in [0.1, 0.15) is 113 Å². The lowest BCUT2D eigenvalue weighted by Gasteiger charge is -2.11. The lowest BCUT2D eigenvalue weighted by molar-refractivity contribution is 0.101. The number of ether oxygens (including phenoxy) is 1. The molecule has 0 saturated heterocycles. The minimum Gasteiger partial charge on any atom is -0.496 e. The third kappa shape index (κ3) is 14.4. The molecule has 0 saturated carbocycles. The molecule has 2 aromatic heterocycles. The van der Waals surface area contributed by atoms with E-state index in [2.05, 4.69) is 52.4 Å². The summed E-state index contributed by atoms with van der Waals surface area (Å²) in [5.41, 5.74) is 13.3. The topological polar surface area (TPSA) is 106 Å². The minimum atomic E-state index is 0.00167. The van der Waals surface area contributed by atoms with Gasteiger partial charge in [0.25, 0.3) is 0 Å². The van der Waals surface area contributed by atoms with Crippen molar-refractivity contribution in [2.45, 2.75) is 101 Å². The summed E-state index contributed by atoms with van der Waals surface area (Å²) in [6.07, 6.45) is 7.85. The molecule has 7 nitrogen and oxygen atoms in total. The molecule has 0 radical (unpaired) electrons. The molecule has 0 fully saturated rings. The molecule has 0 amide bonds. The number of hydrogen-bond donors (Lipinski definition) is 2. The van der Waals surface area contributed by atoms with Gasteiger partial charge in [-0.2, -0.15) is 5.10 Å². The predicted molar refractivity (Wildman–Crippen MR) is 201 cm³/mol. The largest absolute Gasteiger partial charge is 0.496 e. The van der Waals surface area contributed by atoms with Crippen molar-refractivity contribution in [1.29, 1.82) is 0 Å². The molecular weight excluding hydrogens is 614 g/mol. The van der Waals surface area contributed by atoms with Gasteiger partial charge in [-0.3, -0.25) is 14.9 Å². The first-order valence-electron chi connectivity index (χ1n) is 16.0. The number of aliphatic imine (C=N–C) groups is 1. The monoisotopic (exact) mass is 669 g/mol. The van der Waals surface area contributed by atoms with Crippen LogP contribution in [0, 0.1) is 6.92 Å². The van der Waals surface area contributed by atoms with Gasteiger partial charge in [0, 0.05) is 35.3 Å². The molecule has 2 aromatic carbocycles. The van der Waals surface area contributed by atoms with Crippen molar-refractivity contribution in [2.75, 3.05) is 14.2 Å². The van der Waals surface area contributed by atoms with Crippen molar-refractivity contribution in [3.05, 3.63) is 86.0 Å². The number of methoxy groups -OCH3 is 1. The Labute approximate surface area is 286 Å². The van der Waals surface area contributed by atoms with Gasteiger partial charge in [0.1, 0.15) is 5.75 Å². The van der Waals surface area contributed by atoms with Crippen LogP contribution in [0.25, 0.3) is 10.9 Å². The van der Waals surface area contributed by atoms with E-state index in [1.165, 1.54) is 16.1 Å². The van der Waals surface area contributed by atoms with Crippen LogP contribution in [0.4, 0.5) is 0 Å². The molecule has 0 aliphatic heterocycles. The van der Waals surface area contributed by atoms with Gasteiger partial charge >= 0.3 is 0 Å². The number of aromatic nitrogens is 3. The van der Waals surface area contributed by atoms with Crippen LogP contribution in [-0.4, -0.2) is 40.8 Å². The van der Waals surface area contributed by atoms with Crippen LogP contribution in [0.2, 0.25) is 5.02 Å². The van der Waals surface area contributed by atoms with Gasteiger partial charge in [-0.25, -0.2) is 4.98 Å². The van der Waals surface area contributed by atoms with Gasteiger partial charge < -0.3 is 10.5 Å². The number of aryl methyl sites for hydroxylation is 3. The van der Waals surface area contributed by atoms with Gasteiger partial charge in [0.2, 0.25) is 0 Å². The number of nitrogens with zero attached hydrogens (tertiary/aromatic N) is 3. The summed E-state index contributed by atoms with van der Waals surface area (Å²) in [7, 11) is 3.40. The highest BCUT2D eigenvalue weighted by molar-refractivity contribution is 7.09. The zero-order chi connectivity index (χ0) is 35.2. The summed E-state index contributed by atoms with van der Waals surface area (Å²) in [6, 6.07) is 9.69. The van der Waals surface area contributed by atoms with Gasteiger partial charge in [-0.05, 0) is 88.8 Å². The maximum Gasteiger partial charge on any atom is 0.163 e. The number of rotatable bonds is 8. The Morgan fingerprint density at radius 2 is 1.83 bits per heavy atom. The maximum absolute atomic E-state index is 11.2. The van der Waals surface area contributed by atoms with E-state index in [4.69, 9.17) is 22.1 Å². The van der Waals surface area contributed by atoms with E-state index in [1.807, 2.05) is 78.9 Å². The van der Waals surface area contributed by atoms with Crippen molar-refractivity contribution in [3.8, 4) is 5.75 Å². The molecule has 4 rings (SSSR count). The number of Topliss-reactive ketones (excluding diaryl/α,β-unsaturated/α-hetero) is 1. The van der Waals surface area contributed by atoms with Crippen molar-refractivity contribution in [1.82, 2.24) is 15.2 Å². The quantitative estimate of drug-likeness (QED) is 0.143. The van der Waals surface area contributed by atoms with Crippen molar-refractivity contribution in [2.24, 2.45) is 10.7 Å². The lowest BCUT2D eigenvalue weighted by Crippen LogP contribution is -2.09. The van der Waals surface area contributed by atoms with E-state index < -0.39 is 0 Å². The Balaban J connectivity index is 0.000000596. The second-order valence-corrected chi connectivity index (χ2v) is 11.5. The number of carbonyl (C=O) groups excluding carboxylic acids is 1. The number of allylic oxidation sites excluding steroid dienone is 2. The Kier molecular flexibility index (Phi) is 22.2. The molecule has 1 unspecified atom stereocenters. The number of nitrogens with one attached hydrogen (secondary N) is 1. The van der Waals surface area contributed by atoms with Crippen molar-refractivity contribution < 1.29 is 9.53 Å². The van der Waals surface area contributed by atoms with Crippen LogP contribution in [0.15, 0.2) is 58.6 Å². The van der Waals surface area contributed by atoms with Crippen LogP contribution in [0.3, 0.4) is 0 Å². The van der Waals surface area contributed by atoms with Crippen LogP contribution in [-0.2, 0) is 12.8 Å². The number of fused-ring (bicyclic) bond motifs is 1. The Bertz CT molecular complexity index is 1490. The zero-order valence-electron chi connectivity index (χ0n) is 30.0. The number of hydrogen-bond acceptors (Lipinski definition) is 7. The summed E-state index contributed by atoms with van der Waals surface area (Å²) >= 11 is 7.95. The fraction of sp³-hybridized carbons (Fsp3) is 0.459. The third-order valence-electron chi connectivity index (χ3n) is 6.92. The normalized spacial score (nSPS) is 11.4. The van der Waals surface area contributed by atoms with Gasteiger partial charge in [0.05, 0.1) is 34.4 Å². The van der Waals surface area contributed by atoms with Gasteiger partial charge in [0.15, 0.2) is 5.78 Å². The molecule has 2 heterocycles. The second-order valence-electron chi connectivity index (χ2n) is 10.2. The summed E-state index contributed by atoms with van der Waals surface area (Å²) in [5, 5.41) is 11.8. The fourth-order valence-electron chi connectivity index (χ4n) is 3.93. The number of thiazole rings is 1. The molecule has 1 atom stereocenters. The molecule has 0 bridgehead atoms. The standard InChI is InChI=1S/C12H16O2.C10H12ClN3.C7H13N.C6H9NS.C2H6/c1-4-5-10-6-7-11(9(2)13)12(8-10)14-3;1-2-8(12)6-3-4-9-7(10(6)11)5-13-14-9;1-5-6(2)7(3)8-4;1-3-6-7-5(2)4-8-6;1-2/h6-8H,4-5H2,1-3H3;3-5,8H,2,12H2,1H3,(H,13,14);5H,1-4H3;4H,3H2,1-2H3;1-2H3/b;;6-5-,8-7?;;. The number of nitrogens with two attached hydrogens (primary N) is 1. The van der Waals surface area contributed by atoms with E-state index >= 15 is 0 Å². The Hall–Kier alpha value is -3.33. The number of carbonyl (C=O) groups is 1. The molecule has 3 N–H and O–H groups in total. The molecule has 4 aromatic rings. The maximum atomic E-state index is 11.2. The first-order valence-corrected chi connectivity index (χ1v) is 17.3. The summed E-state index contributed by atoms with van der Waals surface area (Å²) < 4.78 is 5.17. The SMILES string of the molecule is C/C=C(/C)C(C)=NC.CC.CCC(N)c1ccc2[nH]ncc2c1Cl.CCCc1ccc(C(C)=O)c(OC)c1.CCc1nc(C)cs1. The summed E-state index contributed by atoms with van der Waals surface area (Å²) in [5.74, 6) is 0.730. The number of aromatic amines is 1. The third-order valence-corrected chi connectivity index (χ3v) is 8.45. The molecule has 0 spiro atoms. The molecule has 9 heteroatoms.